The molecule has 0 radical (unpaired) electrons. The lowest BCUT2D eigenvalue weighted by atomic mass is 10.1. The molecule has 0 fully saturated rings. The summed E-state index contributed by atoms with van der Waals surface area (Å²) in [6.07, 6.45) is 0. The van der Waals surface area contributed by atoms with Gasteiger partial charge in [-0.15, -0.1) is 0 Å². The summed E-state index contributed by atoms with van der Waals surface area (Å²) in [5.74, 6) is 0. The van der Waals surface area contributed by atoms with Crippen molar-refractivity contribution >= 4 is 0 Å². The van der Waals surface area contributed by atoms with Gasteiger partial charge in [0, 0.05) is 19.1 Å². The number of nitro groups is 1. The minimum absolute atomic E-state index is 0.109. The average molecular weight is 179 g/mol. The summed E-state index contributed by atoms with van der Waals surface area (Å²) in [6.45, 7) is -0.793. The minimum atomic E-state index is -1.52. The van der Waals surface area contributed by atoms with Crippen molar-refractivity contribution < 1.29 is 19.5 Å². The molecule has 0 aromatic carbocycles. The van der Waals surface area contributed by atoms with E-state index in [-0.39, 0.29) is 13.2 Å². The molecule has 6 nitrogen and oxygen atoms in total. The third kappa shape index (κ3) is 4.22. The Morgan fingerprint density at radius 1 is 1.42 bits per heavy atom. The second-order valence-corrected chi connectivity index (χ2v) is 2.58. The lowest BCUT2D eigenvalue weighted by Crippen LogP contribution is -2.45. The molecule has 0 aliphatic carbocycles. The van der Waals surface area contributed by atoms with E-state index in [1.165, 1.54) is 14.2 Å². The van der Waals surface area contributed by atoms with E-state index in [1.807, 2.05) is 0 Å². The second-order valence-electron chi connectivity index (χ2n) is 2.58. The van der Waals surface area contributed by atoms with Gasteiger partial charge in [-0.25, -0.2) is 0 Å². The molecule has 0 aromatic heterocycles. The maximum absolute atomic E-state index is 10.1. The predicted molar refractivity (Wildman–Crippen MR) is 40.6 cm³/mol. The molecule has 0 atom stereocenters. The molecule has 0 saturated carbocycles. The van der Waals surface area contributed by atoms with Crippen LogP contribution in [0.1, 0.15) is 0 Å². The van der Waals surface area contributed by atoms with Crippen LogP contribution in [0.15, 0.2) is 0 Å². The van der Waals surface area contributed by atoms with Gasteiger partial charge in [-0.05, 0) is 0 Å². The van der Waals surface area contributed by atoms with Crippen molar-refractivity contribution in [2.45, 2.75) is 5.60 Å². The Bertz CT molecular complexity index is 143. The third-order valence-corrected chi connectivity index (χ3v) is 1.25. The molecule has 72 valence electrons. The monoisotopic (exact) mass is 179 g/mol. The fourth-order valence-corrected chi connectivity index (χ4v) is 0.911. The first-order valence-electron chi connectivity index (χ1n) is 3.36. The van der Waals surface area contributed by atoms with Crippen LogP contribution in [0.2, 0.25) is 0 Å². The first-order chi connectivity index (χ1) is 5.54. The number of rotatable bonds is 6. The van der Waals surface area contributed by atoms with Crippen molar-refractivity contribution in [1.82, 2.24) is 0 Å². The summed E-state index contributed by atoms with van der Waals surface area (Å²) in [6, 6.07) is 0. The van der Waals surface area contributed by atoms with E-state index in [4.69, 9.17) is 0 Å². The van der Waals surface area contributed by atoms with Crippen molar-refractivity contribution in [3.8, 4) is 0 Å². The van der Waals surface area contributed by atoms with E-state index < -0.39 is 17.1 Å². The van der Waals surface area contributed by atoms with E-state index >= 15 is 0 Å². The van der Waals surface area contributed by atoms with E-state index in [2.05, 4.69) is 9.47 Å². The van der Waals surface area contributed by atoms with E-state index in [9.17, 15) is 15.2 Å². The summed E-state index contributed by atoms with van der Waals surface area (Å²) in [7, 11) is 2.72. The molecule has 0 aromatic rings. The number of methoxy groups -OCH3 is 2. The lowest BCUT2D eigenvalue weighted by molar-refractivity contribution is -0.503. The highest BCUT2D eigenvalue weighted by Crippen LogP contribution is 2.05. The van der Waals surface area contributed by atoms with Crippen LogP contribution in [-0.2, 0) is 9.47 Å². The molecule has 0 rings (SSSR count). The third-order valence-electron chi connectivity index (χ3n) is 1.25. The molecule has 0 aliphatic heterocycles. The highest BCUT2D eigenvalue weighted by Gasteiger charge is 2.33. The van der Waals surface area contributed by atoms with Gasteiger partial charge in [0.15, 0.2) is 5.60 Å². The molecule has 0 aliphatic rings. The predicted octanol–water partition coefficient (Wildman–Crippen LogP) is -0.713. The number of aliphatic hydroxyl groups is 1. The number of nitrogens with zero attached hydrogens (tertiary/aromatic N) is 1. The quantitative estimate of drug-likeness (QED) is 0.430. The van der Waals surface area contributed by atoms with Crippen molar-refractivity contribution in [1.29, 1.82) is 0 Å². The fourth-order valence-electron chi connectivity index (χ4n) is 0.911. The lowest BCUT2D eigenvalue weighted by Gasteiger charge is -2.21. The molecular weight excluding hydrogens is 166 g/mol. The molecule has 0 bridgehead atoms. The summed E-state index contributed by atoms with van der Waals surface area (Å²) in [4.78, 5) is 9.50. The summed E-state index contributed by atoms with van der Waals surface area (Å²) in [5.41, 5.74) is -1.52. The normalized spacial score (nSPS) is 11.6. The first-order valence-corrected chi connectivity index (χ1v) is 3.36. The van der Waals surface area contributed by atoms with Gasteiger partial charge >= 0.3 is 0 Å². The van der Waals surface area contributed by atoms with Gasteiger partial charge in [0.25, 0.3) is 0 Å². The first kappa shape index (κ1) is 11.3. The Morgan fingerprint density at radius 3 is 2.08 bits per heavy atom. The Hall–Kier alpha value is -0.720. The standard InChI is InChI=1S/C6H13NO5/c1-11-4-6(8,5-12-2)3-7(9)10/h8H,3-5H2,1-2H3. The molecule has 1 N–H and O–H groups in total. The highest BCUT2D eigenvalue weighted by molar-refractivity contribution is 4.76. The highest BCUT2D eigenvalue weighted by atomic mass is 16.6. The summed E-state index contributed by atoms with van der Waals surface area (Å²) in [5, 5.41) is 19.6. The van der Waals surface area contributed by atoms with Crippen LogP contribution in [0.3, 0.4) is 0 Å². The second kappa shape index (κ2) is 5.02. The van der Waals surface area contributed by atoms with Gasteiger partial charge < -0.3 is 14.6 Å². The van der Waals surface area contributed by atoms with Crippen molar-refractivity contribution in [2.75, 3.05) is 34.0 Å². The van der Waals surface area contributed by atoms with E-state index in [0.29, 0.717) is 0 Å². The average Bonchev–Trinajstić information content (AvgIpc) is 1.85. The SMILES string of the molecule is COCC(O)(COC)C[N+](=O)[O-]. The van der Waals surface area contributed by atoms with Crippen LogP contribution >= 0.6 is 0 Å². The summed E-state index contributed by atoms with van der Waals surface area (Å²) >= 11 is 0. The van der Waals surface area contributed by atoms with E-state index in [1.54, 1.807) is 0 Å². The van der Waals surface area contributed by atoms with Gasteiger partial charge in [-0.1, -0.05) is 0 Å². The van der Waals surface area contributed by atoms with Gasteiger partial charge in [-0.2, -0.15) is 0 Å². The zero-order chi connectivity index (χ0) is 9.61. The number of hydrogen-bond donors (Lipinski definition) is 1. The topological polar surface area (TPSA) is 81.8 Å². The largest absolute Gasteiger partial charge is 0.381 e. The van der Waals surface area contributed by atoms with Crippen LogP contribution in [-0.4, -0.2) is 49.6 Å². The van der Waals surface area contributed by atoms with Gasteiger partial charge in [0.2, 0.25) is 6.54 Å². The summed E-state index contributed by atoms with van der Waals surface area (Å²) < 4.78 is 9.25. The molecule has 0 amide bonds. The minimum Gasteiger partial charge on any atom is -0.381 e. The van der Waals surface area contributed by atoms with Crippen molar-refractivity contribution in [3.05, 3.63) is 10.1 Å². The number of hydrogen-bond acceptors (Lipinski definition) is 5. The maximum atomic E-state index is 10.1. The van der Waals surface area contributed by atoms with Gasteiger partial charge in [0.1, 0.15) is 0 Å². The van der Waals surface area contributed by atoms with Crippen molar-refractivity contribution in [3.63, 3.8) is 0 Å². The van der Waals surface area contributed by atoms with Crippen LogP contribution < -0.4 is 0 Å². The Balaban J connectivity index is 4.07. The molecular formula is C6H13NO5. The Morgan fingerprint density at radius 2 is 1.83 bits per heavy atom. The smallest absolute Gasteiger partial charge is 0.236 e. The van der Waals surface area contributed by atoms with Crippen LogP contribution in [0, 0.1) is 10.1 Å². The fraction of sp³-hybridized carbons (Fsp3) is 1.00. The van der Waals surface area contributed by atoms with Gasteiger partial charge in [0.05, 0.1) is 13.2 Å². The molecule has 12 heavy (non-hydrogen) atoms. The molecule has 0 heterocycles. The Labute approximate surface area is 70.2 Å². The van der Waals surface area contributed by atoms with Gasteiger partial charge in [-0.3, -0.25) is 10.1 Å². The van der Waals surface area contributed by atoms with Crippen LogP contribution in [0.5, 0.6) is 0 Å². The molecule has 0 unspecified atom stereocenters. The molecule has 0 saturated heterocycles. The molecule has 6 heteroatoms. The van der Waals surface area contributed by atoms with Crippen LogP contribution in [0.25, 0.3) is 0 Å². The van der Waals surface area contributed by atoms with Crippen molar-refractivity contribution in [2.24, 2.45) is 0 Å². The van der Waals surface area contributed by atoms with E-state index in [0.717, 1.165) is 0 Å². The van der Waals surface area contributed by atoms with Crippen LogP contribution in [0.4, 0.5) is 0 Å². The molecule has 0 spiro atoms. The maximum Gasteiger partial charge on any atom is 0.236 e. The Kier molecular flexibility index (Phi) is 4.72. The number of ether oxygens (including phenoxy) is 2. The zero-order valence-corrected chi connectivity index (χ0v) is 7.15. The zero-order valence-electron chi connectivity index (χ0n) is 7.15.